The summed E-state index contributed by atoms with van der Waals surface area (Å²) in [5.41, 5.74) is 5.29. The number of unbranched alkanes of at least 4 members (excludes halogenated alkanes) is 1. The molecule has 0 bridgehead atoms. The van der Waals surface area contributed by atoms with Crippen molar-refractivity contribution >= 4 is 11.8 Å². The molecule has 0 fully saturated rings. The predicted octanol–water partition coefficient (Wildman–Crippen LogP) is 6.20. The molecule has 4 nitrogen and oxygen atoms in total. The van der Waals surface area contributed by atoms with E-state index < -0.39 is 5.97 Å². The zero-order valence-electron chi connectivity index (χ0n) is 18.7. The Kier molecular flexibility index (Phi) is 8.78. The van der Waals surface area contributed by atoms with Crippen molar-refractivity contribution in [2.24, 2.45) is 0 Å². The van der Waals surface area contributed by atoms with Gasteiger partial charge in [0.25, 0.3) is 0 Å². The van der Waals surface area contributed by atoms with E-state index in [0.717, 1.165) is 41.7 Å². The molecule has 0 aliphatic carbocycles. The summed E-state index contributed by atoms with van der Waals surface area (Å²) < 4.78 is 10.7. The van der Waals surface area contributed by atoms with Gasteiger partial charge in [-0.05, 0) is 59.7 Å². The van der Waals surface area contributed by atoms with Gasteiger partial charge in [-0.25, -0.2) is 4.79 Å². The summed E-state index contributed by atoms with van der Waals surface area (Å²) in [6.07, 6.45) is 4.86. The molecule has 0 amide bonds. The van der Waals surface area contributed by atoms with Crippen LogP contribution in [0.3, 0.4) is 0 Å². The molecule has 168 valence electrons. The lowest BCUT2D eigenvalue weighted by Crippen LogP contribution is -2.04. The van der Waals surface area contributed by atoms with Gasteiger partial charge in [0, 0.05) is 11.6 Å². The quantitative estimate of drug-likeness (QED) is 0.146. The zero-order valence-corrected chi connectivity index (χ0v) is 18.7. The average molecular weight is 441 g/mol. The van der Waals surface area contributed by atoms with Crippen molar-refractivity contribution in [3.05, 3.63) is 115 Å². The molecule has 0 aromatic heterocycles. The van der Waals surface area contributed by atoms with Crippen LogP contribution in [0.2, 0.25) is 0 Å². The van der Waals surface area contributed by atoms with Gasteiger partial charge in [-0.15, -0.1) is 0 Å². The first-order valence-electron chi connectivity index (χ1n) is 11.0. The second kappa shape index (κ2) is 12.2. The number of esters is 1. The molecule has 33 heavy (non-hydrogen) atoms. The highest BCUT2D eigenvalue weighted by atomic mass is 16.5. The van der Waals surface area contributed by atoms with Crippen LogP contribution in [-0.2, 0) is 16.0 Å². The molecular weight excluding hydrogens is 412 g/mol. The Balaban J connectivity index is 1.48. The number of rotatable bonds is 12. The minimum absolute atomic E-state index is 0.0612. The number of ketones is 1. The SMILES string of the molecule is C=CC(=O)OCCCCOc1ccc(-c2ccc(Cc3ccc(C(=O)C=C)cc3)cc2)cc1. The van der Waals surface area contributed by atoms with Gasteiger partial charge >= 0.3 is 5.97 Å². The van der Waals surface area contributed by atoms with Gasteiger partial charge in [0.2, 0.25) is 0 Å². The number of carbonyl (C=O) groups excluding carboxylic acids is 2. The van der Waals surface area contributed by atoms with Crippen molar-refractivity contribution in [2.45, 2.75) is 19.3 Å². The smallest absolute Gasteiger partial charge is 0.330 e. The third kappa shape index (κ3) is 7.32. The molecule has 0 unspecified atom stereocenters. The van der Waals surface area contributed by atoms with Crippen molar-refractivity contribution < 1.29 is 19.1 Å². The van der Waals surface area contributed by atoms with Gasteiger partial charge in [-0.1, -0.05) is 73.8 Å². The maximum absolute atomic E-state index is 11.7. The maximum atomic E-state index is 11.7. The van der Waals surface area contributed by atoms with Crippen LogP contribution in [0.25, 0.3) is 11.1 Å². The molecular formula is C29H28O4. The number of carbonyl (C=O) groups is 2. The zero-order chi connectivity index (χ0) is 23.5. The Morgan fingerprint density at radius 3 is 1.82 bits per heavy atom. The summed E-state index contributed by atoms with van der Waals surface area (Å²) in [5, 5.41) is 0. The minimum atomic E-state index is -0.393. The topological polar surface area (TPSA) is 52.6 Å². The lowest BCUT2D eigenvalue weighted by atomic mass is 9.99. The van der Waals surface area contributed by atoms with E-state index in [1.165, 1.54) is 17.7 Å². The van der Waals surface area contributed by atoms with Crippen LogP contribution in [0.5, 0.6) is 5.75 Å². The van der Waals surface area contributed by atoms with Gasteiger partial charge < -0.3 is 9.47 Å². The molecule has 0 radical (unpaired) electrons. The van der Waals surface area contributed by atoms with E-state index >= 15 is 0 Å². The Labute approximate surface area is 195 Å². The van der Waals surface area contributed by atoms with E-state index in [2.05, 4.69) is 37.4 Å². The molecule has 0 aliphatic heterocycles. The number of hydrogen-bond acceptors (Lipinski definition) is 4. The largest absolute Gasteiger partial charge is 0.494 e. The van der Waals surface area contributed by atoms with Crippen LogP contribution in [0.15, 0.2) is 98.1 Å². The van der Waals surface area contributed by atoms with Gasteiger partial charge in [0.15, 0.2) is 5.78 Å². The van der Waals surface area contributed by atoms with E-state index in [4.69, 9.17) is 9.47 Å². The van der Waals surface area contributed by atoms with Crippen molar-refractivity contribution in [3.8, 4) is 16.9 Å². The standard InChI is InChI=1S/C29H28O4/c1-3-28(30)26-13-9-23(10-14-26)21-22-7-11-24(12-8-22)25-15-17-27(18-16-25)32-19-5-6-20-33-29(31)4-2/h3-4,7-18H,1-2,5-6,19-21H2. The maximum Gasteiger partial charge on any atom is 0.330 e. The van der Waals surface area contributed by atoms with Crippen molar-refractivity contribution in [1.82, 2.24) is 0 Å². The molecule has 0 N–H and O–H groups in total. The monoisotopic (exact) mass is 440 g/mol. The van der Waals surface area contributed by atoms with E-state index in [9.17, 15) is 9.59 Å². The minimum Gasteiger partial charge on any atom is -0.494 e. The molecule has 0 heterocycles. The molecule has 0 saturated carbocycles. The van der Waals surface area contributed by atoms with Gasteiger partial charge in [0.05, 0.1) is 13.2 Å². The molecule has 0 spiro atoms. The molecule has 4 heteroatoms. The highest BCUT2D eigenvalue weighted by molar-refractivity contribution is 6.04. The first kappa shape index (κ1) is 23.7. The number of allylic oxidation sites excluding steroid dienone is 1. The summed E-state index contributed by atoms with van der Waals surface area (Å²) in [7, 11) is 0. The molecule has 0 saturated heterocycles. The van der Waals surface area contributed by atoms with E-state index in [0.29, 0.717) is 18.8 Å². The van der Waals surface area contributed by atoms with Crippen molar-refractivity contribution in [2.75, 3.05) is 13.2 Å². The molecule has 3 rings (SSSR count). The molecule has 0 atom stereocenters. The number of hydrogen-bond donors (Lipinski definition) is 0. The second-order valence-corrected chi connectivity index (χ2v) is 7.59. The fourth-order valence-corrected chi connectivity index (χ4v) is 3.32. The summed E-state index contributed by atoms with van der Waals surface area (Å²) in [6, 6.07) is 24.2. The van der Waals surface area contributed by atoms with Crippen LogP contribution in [-0.4, -0.2) is 25.0 Å². The predicted molar refractivity (Wildman–Crippen MR) is 132 cm³/mol. The third-order valence-electron chi connectivity index (χ3n) is 5.19. The Morgan fingerprint density at radius 2 is 1.24 bits per heavy atom. The fourth-order valence-electron chi connectivity index (χ4n) is 3.32. The Morgan fingerprint density at radius 1 is 0.697 bits per heavy atom. The number of benzene rings is 3. The van der Waals surface area contributed by atoms with Crippen LogP contribution in [0.4, 0.5) is 0 Å². The number of ether oxygens (including phenoxy) is 2. The Bertz CT molecular complexity index is 1080. The van der Waals surface area contributed by atoms with Crippen LogP contribution < -0.4 is 4.74 Å². The molecule has 3 aromatic carbocycles. The van der Waals surface area contributed by atoms with E-state index in [1.54, 1.807) is 0 Å². The summed E-state index contributed by atoms with van der Waals surface area (Å²) in [5.74, 6) is 0.362. The lowest BCUT2D eigenvalue weighted by Gasteiger charge is -2.09. The fraction of sp³-hybridized carbons (Fsp3) is 0.172. The van der Waals surface area contributed by atoms with E-state index in [1.807, 2.05) is 48.5 Å². The first-order chi connectivity index (χ1) is 16.1. The van der Waals surface area contributed by atoms with Crippen molar-refractivity contribution in [3.63, 3.8) is 0 Å². The van der Waals surface area contributed by atoms with Gasteiger partial charge in [-0.3, -0.25) is 4.79 Å². The Hall–Kier alpha value is -3.92. The molecule has 3 aromatic rings. The van der Waals surface area contributed by atoms with E-state index in [-0.39, 0.29) is 5.78 Å². The van der Waals surface area contributed by atoms with Crippen LogP contribution in [0.1, 0.15) is 34.3 Å². The summed E-state index contributed by atoms with van der Waals surface area (Å²) in [6.45, 7) is 7.84. The lowest BCUT2D eigenvalue weighted by molar-refractivity contribution is -0.137. The van der Waals surface area contributed by atoms with Crippen molar-refractivity contribution in [1.29, 1.82) is 0 Å². The van der Waals surface area contributed by atoms with Crippen LogP contribution in [0, 0.1) is 0 Å². The van der Waals surface area contributed by atoms with Gasteiger partial charge in [0.1, 0.15) is 5.75 Å². The average Bonchev–Trinajstić information content (AvgIpc) is 2.86. The van der Waals surface area contributed by atoms with Gasteiger partial charge in [-0.2, -0.15) is 0 Å². The summed E-state index contributed by atoms with van der Waals surface area (Å²) in [4.78, 5) is 22.6. The summed E-state index contributed by atoms with van der Waals surface area (Å²) >= 11 is 0. The van der Waals surface area contributed by atoms with Crippen LogP contribution >= 0.6 is 0 Å². The third-order valence-corrected chi connectivity index (χ3v) is 5.19. The highest BCUT2D eigenvalue weighted by Gasteiger charge is 2.04. The highest BCUT2D eigenvalue weighted by Crippen LogP contribution is 2.24. The molecule has 0 aliphatic rings. The first-order valence-corrected chi connectivity index (χ1v) is 11.0. The second-order valence-electron chi connectivity index (χ2n) is 7.59. The normalized spacial score (nSPS) is 10.3.